The highest BCUT2D eigenvalue weighted by atomic mass is 32.1. The zero-order valence-corrected chi connectivity index (χ0v) is 17.0. The van der Waals surface area contributed by atoms with E-state index in [1.54, 1.807) is 23.5 Å². The molecule has 4 rings (SSSR count). The summed E-state index contributed by atoms with van der Waals surface area (Å²) in [6, 6.07) is 10.1. The Morgan fingerprint density at radius 2 is 2.00 bits per heavy atom. The minimum atomic E-state index is -0.277. The molecule has 1 aliphatic rings. The van der Waals surface area contributed by atoms with Crippen molar-refractivity contribution in [3.8, 4) is 11.3 Å². The third-order valence-corrected chi connectivity index (χ3v) is 6.30. The van der Waals surface area contributed by atoms with Crippen molar-refractivity contribution in [2.45, 2.75) is 32.1 Å². The zero-order valence-electron chi connectivity index (χ0n) is 16.2. The largest absolute Gasteiger partial charge is 0.317 e. The summed E-state index contributed by atoms with van der Waals surface area (Å²) in [7, 11) is 0. The molecule has 0 atom stereocenters. The molecule has 1 aromatic carbocycles. The van der Waals surface area contributed by atoms with Gasteiger partial charge in [-0.3, -0.25) is 15.6 Å². The lowest BCUT2D eigenvalue weighted by molar-refractivity contribution is -0.120. The number of hydrogen-bond acceptors (Lipinski definition) is 5. The van der Waals surface area contributed by atoms with Crippen LogP contribution in [0.25, 0.3) is 21.5 Å². The summed E-state index contributed by atoms with van der Waals surface area (Å²) in [4.78, 5) is 16.9. The third-order valence-electron chi connectivity index (χ3n) is 5.36. The highest BCUT2D eigenvalue weighted by Crippen LogP contribution is 2.31. The van der Waals surface area contributed by atoms with E-state index in [2.05, 4.69) is 21.2 Å². The van der Waals surface area contributed by atoms with E-state index in [1.165, 1.54) is 25.0 Å². The number of aromatic nitrogens is 1. The fourth-order valence-electron chi connectivity index (χ4n) is 3.74. The molecule has 3 aromatic rings. The molecule has 1 amide bonds. The molecular formula is C22H25FN4OS. The number of carbonyl (C=O) groups is 1. The number of thiophene rings is 1. The van der Waals surface area contributed by atoms with Crippen molar-refractivity contribution in [3.05, 3.63) is 47.6 Å². The lowest BCUT2D eigenvalue weighted by atomic mass is 9.92. The zero-order chi connectivity index (χ0) is 20.1. The lowest BCUT2D eigenvalue weighted by Crippen LogP contribution is -2.30. The fraction of sp³-hybridized carbons (Fsp3) is 0.364. The summed E-state index contributed by atoms with van der Waals surface area (Å²) >= 11 is 1.57. The Labute approximate surface area is 173 Å². The van der Waals surface area contributed by atoms with Crippen LogP contribution in [0.2, 0.25) is 0 Å². The topological polar surface area (TPSA) is 66.1 Å². The maximum absolute atomic E-state index is 13.2. The summed E-state index contributed by atoms with van der Waals surface area (Å²) in [5.41, 5.74) is 9.11. The van der Waals surface area contributed by atoms with Crippen LogP contribution in [-0.4, -0.2) is 24.0 Å². The fourth-order valence-corrected chi connectivity index (χ4v) is 4.54. The van der Waals surface area contributed by atoms with Crippen LogP contribution in [0.3, 0.4) is 0 Å². The van der Waals surface area contributed by atoms with Gasteiger partial charge in [0.05, 0.1) is 21.6 Å². The SMILES string of the molecule is O=C(CCCC1CCNCC1)NNc1cc(-c2ccc(F)cc2)nc2ccsc12. The number of carbonyl (C=O) groups excluding carboxylic acids is 1. The highest BCUT2D eigenvalue weighted by Gasteiger charge is 2.14. The molecule has 0 aliphatic carbocycles. The summed E-state index contributed by atoms with van der Waals surface area (Å²) in [5.74, 6) is 0.450. The van der Waals surface area contributed by atoms with Crippen LogP contribution in [0, 0.1) is 11.7 Å². The first kappa shape index (κ1) is 19.8. The van der Waals surface area contributed by atoms with E-state index in [-0.39, 0.29) is 11.7 Å². The van der Waals surface area contributed by atoms with Crippen LogP contribution in [0.4, 0.5) is 10.1 Å². The van der Waals surface area contributed by atoms with E-state index in [0.29, 0.717) is 6.42 Å². The van der Waals surface area contributed by atoms with Crippen LogP contribution in [-0.2, 0) is 4.79 Å². The van der Waals surface area contributed by atoms with Gasteiger partial charge >= 0.3 is 0 Å². The molecule has 0 radical (unpaired) electrons. The van der Waals surface area contributed by atoms with Gasteiger partial charge in [0, 0.05) is 12.0 Å². The van der Waals surface area contributed by atoms with Gasteiger partial charge in [0.1, 0.15) is 5.82 Å². The molecule has 1 saturated heterocycles. The summed E-state index contributed by atoms with van der Waals surface area (Å²) in [6.45, 7) is 2.18. The van der Waals surface area contributed by atoms with Gasteiger partial charge < -0.3 is 5.32 Å². The minimum absolute atomic E-state index is 0.0104. The van der Waals surface area contributed by atoms with Crippen molar-refractivity contribution in [1.29, 1.82) is 0 Å². The molecule has 1 fully saturated rings. The summed E-state index contributed by atoms with van der Waals surface area (Å²) in [6.07, 6.45) is 4.94. The smallest absolute Gasteiger partial charge is 0.238 e. The number of piperidine rings is 1. The van der Waals surface area contributed by atoms with Gasteiger partial charge in [-0.2, -0.15) is 0 Å². The third kappa shape index (κ3) is 5.10. The van der Waals surface area contributed by atoms with E-state index in [9.17, 15) is 9.18 Å². The molecular weight excluding hydrogens is 387 g/mol. The molecule has 2 aromatic heterocycles. The van der Waals surface area contributed by atoms with Gasteiger partial charge in [0.2, 0.25) is 5.91 Å². The van der Waals surface area contributed by atoms with Gasteiger partial charge in [-0.25, -0.2) is 9.37 Å². The molecule has 152 valence electrons. The van der Waals surface area contributed by atoms with Crippen LogP contribution in [0.5, 0.6) is 0 Å². The standard InChI is InChI=1S/C22H25FN4OS/c23-17-6-4-16(5-7-17)19-14-20(22-18(25-19)10-13-29-22)26-27-21(28)3-1-2-15-8-11-24-12-9-15/h4-7,10,13-15,24H,1-3,8-9,11-12H2,(H,25,26)(H,27,28). The van der Waals surface area contributed by atoms with Crippen molar-refractivity contribution in [1.82, 2.24) is 15.7 Å². The number of pyridine rings is 1. The van der Waals surface area contributed by atoms with Gasteiger partial charge in [-0.15, -0.1) is 11.3 Å². The predicted molar refractivity (Wildman–Crippen MR) is 116 cm³/mol. The van der Waals surface area contributed by atoms with E-state index < -0.39 is 0 Å². The first-order valence-corrected chi connectivity index (χ1v) is 11.0. The van der Waals surface area contributed by atoms with Gasteiger partial charge in [-0.1, -0.05) is 0 Å². The number of benzene rings is 1. The van der Waals surface area contributed by atoms with Crippen LogP contribution >= 0.6 is 11.3 Å². The quantitative estimate of drug-likeness (QED) is 0.492. The number of nitrogens with zero attached hydrogens (tertiary/aromatic N) is 1. The molecule has 7 heteroatoms. The molecule has 0 saturated carbocycles. The van der Waals surface area contributed by atoms with Gasteiger partial charge in [0.15, 0.2) is 0 Å². The number of hydrogen-bond donors (Lipinski definition) is 3. The average molecular weight is 413 g/mol. The van der Waals surface area contributed by atoms with Crippen LogP contribution < -0.4 is 16.2 Å². The maximum atomic E-state index is 13.2. The number of hydrazine groups is 1. The number of halogens is 1. The second kappa shape index (κ2) is 9.33. The Bertz CT molecular complexity index is 967. The van der Waals surface area contributed by atoms with Crippen molar-refractivity contribution < 1.29 is 9.18 Å². The Kier molecular flexibility index (Phi) is 6.36. The Morgan fingerprint density at radius 3 is 2.79 bits per heavy atom. The molecule has 29 heavy (non-hydrogen) atoms. The average Bonchev–Trinajstić information content (AvgIpc) is 3.22. The van der Waals surface area contributed by atoms with Crippen molar-refractivity contribution in [2.75, 3.05) is 18.5 Å². The molecule has 0 unspecified atom stereocenters. The summed E-state index contributed by atoms with van der Waals surface area (Å²) in [5, 5.41) is 5.34. The van der Waals surface area contributed by atoms with Crippen LogP contribution in [0.15, 0.2) is 41.8 Å². The second-order valence-corrected chi connectivity index (χ2v) is 8.37. The number of fused-ring (bicyclic) bond motifs is 1. The second-order valence-electron chi connectivity index (χ2n) is 7.46. The van der Waals surface area contributed by atoms with E-state index in [4.69, 9.17) is 0 Å². The van der Waals surface area contributed by atoms with Crippen molar-refractivity contribution >= 4 is 33.1 Å². The van der Waals surface area contributed by atoms with E-state index >= 15 is 0 Å². The number of anilines is 1. The molecule has 5 nitrogen and oxygen atoms in total. The Balaban J connectivity index is 1.38. The minimum Gasteiger partial charge on any atom is -0.317 e. The lowest BCUT2D eigenvalue weighted by Gasteiger charge is -2.22. The van der Waals surface area contributed by atoms with Crippen LogP contribution in [0.1, 0.15) is 32.1 Å². The van der Waals surface area contributed by atoms with Crippen molar-refractivity contribution in [2.24, 2.45) is 5.92 Å². The first-order chi connectivity index (χ1) is 14.2. The first-order valence-electron chi connectivity index (χ1n) is 10.1. The van der Waals surface area contributed by atoms with Gasteiger partial charge in [-0.05, 0) is 86.5 Å². The molecule has 1 aliphatic heterocycles. The Morgan fingerprint density at radius 1 is 1.21 bits per heavy atom. The normalized spacial score (nSPS) is 14.8. The number of rotatable bonds is 7. The Hall–Kier alpha value is -2.51. The molecule has 0 bridgehead atoms. The monoisotopic (exact) mass is 412 g/mol. The maximum Gasteiger partial charge on any atom is 0.238 e. The van der Waals surface area contributed by atoms with Crippen molar-refractivity contribution in [3.63, 3.8) is 0 Å². The number of nitrogens with one attached hydrogen (secondary N) is 3. The summed E-state index contributed by atoms with van der Waals surface area (Å²) < 4.78 is 14.2. The van der Waals surface area contributed by atoms with Gasteiger partial charge in [0.25, 0.3) is 0 Å². The van der Waals surface area contributed by atoms with E-state index in [1.807, 2.05) is 17.5 Å². The number of amides is 1. The molecule has 0 spiro atoms. The highest BCUT2D eigenvalue weighted by molar-refractivity contribution is 7.17. The predicted octanol–water partition coefficient (Wildman–Crippen LogP) is 4.72. The molecule has 3 heterocycles. The van der Waals surface area contributed by atoms with E-state index in [0.717, 1.165) is 59.0 Å². The molecule has 3 N–H and O–H groups in total.